The zero-order chi connectivity index (χ0) is 15.2. The Kier molecular flexibility index (Phi) is 6.09. The van der Waals surface area contributed by atoms with E-state index in [0.717, 1.165) is 37.3 Å². The summed E-state index contributed by atoms with van der Waals surface area (Å²) in [6.45, 7) is 6.12. The Labute approximate surface area is 136 Å². The zero-order valence-corrected chi connectivity index (χ0v) is 14.0. The summed E-state index contributed by atoms with van der Waals surface area (Å²) >= 11 is 12.3. The van der Waals surface area contributed by atoms with Gasteiger partial charge in [0.1, 0.15) is 5.82 Å². The van der Waals surface area contributed by atoms with E-state index in [9.17, 15) is 0 Å². The summed E-state index contributed by atoms with van der Waals surface area (Å²) in [6.07, 6.45) is 5.79. The van der Waals surface area contributed by atoms with Crippen molar-refractivity contribution in [2.75, 3.05) is 6.54 Å². The van der Waals surface area contributed by atoms with Gasteiger partial charge in [-0.25, -0.2) is 4.98 Å². The monoisotopic (exact) mass is 325 g/mol. The second kappa shape index (κ2) is 7.83. The summed E-state index contributed by atoms with van der Waals surface area (Å²) in [5.74, 6) is 1.08. The van der Waals surface area contributed by atoms with E-state index < -0.39 is 0 Å². The average Bonchev–Trinajstić information content (AvgIpc) is 2.86. The molecule has 0 spiro atoms. The van der Waals surface area contributed by atoms with Crippen LogP contribution in [0.15, 0.2) is 30.6 Å². The molecule has 2 aromatic rings. The minimum atomic E-state index is 0.137. The van der Waals surface area contributed by atoms with Crippen LogP contribution in [-0.4, -0.2) is 16.1 Å². The number of nitrogens with zero attached hydrogens (tertiary/aromatic N) is 2. The first-order chi connectivity index (χ1) is 10.2. The molecule has 1 aromatic heterocycles. The molecule has 0 amide bonds. The highest BCUT2D eigenvalue weighted by atomic mass is 35.5. The van der Waals surface area contributed by atoms with Crippen molar-refractivity contribution in [1.29, 1.82) is 0 Å². The number of hydrogen-bond donors (Lipinski definition) is 1. The normalized spacial score (nSPS) is 12.6. The van der Waals surface area contributed by atoms with Crippen molar-refractivity contribution in [2.45, 2.75) is 39.3 Å². The molecule has 0 aliphatic carbocycles. The third-order valence-corrected chi connectivity index (χ3v) is 4.00. The number of nitrogens with one attached hydrogen (secondary N) is 1. The van der Waals surface area contributed by atoms with Crippen molar-refractivity contribution < 1.29 is 0 Å². The Hall–Kier alpha value is -1.03. The molecule has 1 atom stereocenters. The highest BCUT2D eigenvalue weighted by Crippen LogP contribution is 2.28. The molecule has 0 saturated carbocycles. The van der Waals surface area contributed by atoms with Crippen LogP contribution in [0, 0.1) is 0 Å². The Morgan fingerprint density at radius 1 is 1.29 bits per heavy atom. The van der Waals surface area contributed by atoms with Crippen molar-refractivity contribution >= 4 is 23.2 Å². The van der Waals surface area contributed by atoms with Gasteiger partial charge in [-0.2, -0.15) is 0 Å². The topological polar surface area (TPSA) is 29.9 Å². The summed E-state index contributed by atoms with van der Waals surface area (Å²) < 4.78 is 2.20. The molecule has 0 saturated heterocycles. The van der Waals surface area contributed by atoms with Crippen LogP contribution in [-0.2, 0) is 13.0 Å². The van der Waals surface area contributed by atoms with Gasteiger partial charge in [-0.1, -0.05) is 43.1 Å². The van der Waals surface area contributed by atoms with Gasteiger partial charge in [-0.15, -0.1) is 0 Å². The number of rotatable bonds is 7. The third kappa shape index (κ3) is 4.22. The van der Waals surface area contributed by atoms with Gasteiger partial charge in [0, 0.05) is 41.4 Å². The smallest absolute Gasteiger partial charge is 0.110 e. The largest absolute Gasteiger partial charge is 0.335 e. The molecule has 0 aliphatic rings. The molecule has 1 heterocycles. The molecular formula is C16H21Cl2N3. The van der Waals surface area contributed by atoms with E-state index in [1.165, 1.54) is 0 Å². The first-order valence-electron chi connectivity index (χ1n) is 7.34. The molecule has 0 aliphatic heterocycles. The lowest BCUT2D eigenvalue weighted by molar-refractivity contribution is 0.516. The van der Waals surface area contributed by atoms with E-state index in [1.807, 2.05) is 24.5 Å². The molecule has 2 rings (SSSR count). The van der Waals surface area contributed by atoms with E-state index in [2.05, 4.69) is 28.7 Å². The Morgan fingerprint density at radius 2 is 2.10 bits per heavy atom. The maximum atomic E-state index is 6.35. The quantitative estimate of drug-likeness (QED) is 0.812. The van der Waals surface area contributed by atoms with Gasteiger partial charge in [-0.05, 0) is 30.7 Å². The van der Waals surface area contributed by atoms with Crippen molar-refractivity contribution in [3.63, 3.8) is 0 Å². The second-order valence-corrected chi connectivity index (χ2v) is 5.86. The third-order valence-electron chi connectivity index (χ3n) is 3.44. The van der Waals surface area contributed by atoms with Crippen LogP contribution >= 0.6 is 23.2 Å². The molecule has 0 bridgehead atoms. The standard InChI is InChI=1S/C16H21Cl2N3/c1-3-8-21-9-7-20-16(21)11-15(19-4-2)13-6-5-12(17)10-14(13)18/h5-7,9-10,15,19H,3-4,8,11H2,1-2H3. The second-order valence-electron chi connectivity index (χ2n) is 5.02. The lowest BCUT2D eigenvalue weighted by Gasteiger charge is -2.20. The minimum Gasteiger partial charge on any atom is -0.335 e. The van der Waals surface area contributed by atoms with Crippen molar-refractivity contribution in [3.05, 3.63) is 52.0 Å². The predicted molar refractivity (Wildman–Crippen MR) is 89.1 cm³/mol. The highest BCUT2D eigenvalue weighted by molar-refractivity contribution is 6.35. The van der Waals surface area contributed by atoms with Gasteiger partial charge >= 0.3 is 0 Å². The van der Waals surface area contributed by atoms with E-state index >= 15 is 0 Å². The first kappa shape index (κ1) is 16.3. The molecule has 0 radical (unpaired) electrons. The van der Waals surface area contributed by atoms with Gasteiger partial charge in [0.25, 0.3) is 0 Å². The molecule has 3 nitrogen and oxygen atoms in total. The number of imidazole rings is 1. The van der Waals surface area contributed by atoms with Gasteiger partial charge in [0.2, 0.25) is 0 Å². The number of aryl methyl sites for hydroxylation is 1. The summed E-state index contributed by atoms with van der Waals surface area (Å²) in [5.41, 5.74) is 1.06. The van der Waals surface area contributed by atoms with E-state index in [-0.39, 0.29) is 6.04 Å². The number of likely N-dealkylation sites (N-methyl/N-ethyl adjacent to an activating group) is 1. The SMILES string of the molecule is CCCn1ccnc1CC(NCC)c1ccc(Cl)cc1Cl. The Morgan fingerprint density at radius 3 is 2.76 bits per heavy atom. The van der Waals surface area contributed by atoms with Crippen LogP contribution < -0.4 is 5.32 Å². The number of benzene rings is 1. The minimum absolute atomic E-state index is 0.137. The van der Waals surface area contributed by atoms with Crippen LogP contribution in [0.1, 0.15) is 37.7 Å². The van der Waals surface area contributed by atoms with Crippen molar-refractivity contribution in [2.24, 2.45) is 0 Å². The lowest BCUT2D eigenvalue weighted by Crippen LogP contribution is -2.24. The van der Waals surface area contributed by atoms with Gasteiger partial charge in [0.15, 0.2) is 0 Å². The predicted octanol–water partition coefficient (Wildman–Crippen LogP) is 4.49. The number of hydrogen-bond acceptors (Lipinski definition) is 2. The van der Waals surface area contributed by atoms with Crippen LogP contribution in [0.3, 0.4) is 0 Å². The fourth-order valence-electron chi connectivity index (χ4n) is 2.48. The van der Waals surface area contributed by atoms with Crippen molar-refractivity contribution in [3.8, 4) is 0 Å². The first-order valence-corrected chi connectivity index (χ1v) is 8.09. The summed E-state index contributed by atoms with van der Waals surface area (Å²) in [7, 11) is 0. The average molecular weight is 326 g/mol. The maximum Gasteiger partial charge on any atom is 0.110 e. The fourth-order valence-corrected chi connectivity index (χ4v) is 3.02. The van der Waals surface area contributed by atoms with Crippen molar-refractivity contribution in [1.82, 2.24) is 14.9 Å². The summed E-state index contributed by atoms with van der Waals surface area (Å²) in [5, 5.41) is 4.84. The summed E-state index contributed by atoms with van der Waals surface area (Å²) in [4.78, 5) is 4.48. The fraction of sp³-hybridized carbons (Fsp3) is 0.438. The number of aromatic nitrogens is 2. The van der Waals surface area contributed by atoms with E-state index in [4.69, 9.17) is 23.2 Å². The van der Waals surface area contributed by atoms with Gasteiger partial charge in [0.05, 0.1) is 0 Å². The molecular weight excluding hydrogens is 305 g/mol. The van der Waals surface area contributed by atoms with E-state index in [1.54, 1.807) is 6.07 Å². The Bertz CT molecular complexity index is 581. The summed E-state index contributed by atoms with van der Waals surface area (Å²) in [6, 6.07) is 5.80. The highest BCUT2D eigenvalue weighted by Gasteiger charge is 2.17. The number of halogens is 2. The van der Waals surface area contributed by atoms with Gasteiger partial charge < -0.3 is 9.88 Å². The molecule has 1 N–H and O–H groups in total. The molecule has 1 unspecified atom stereocenters. The van der Waals surface area contributed by atoms with Crippen LogP contribution in [0.5, 0.6) is 0 Å². The van der Waals surface area contributed by atoms with Crippen LogP contribution in [0.25, 0.3) is 0 Å². The van der Waals surface area contributed by atoms with Crippen LogP contribution in [0.4, 0.5) is 0 Å². The maximum absolute atomic E-state index is 6.35. The molecule has 5 heteroatoms. The molecule has 0 fully saturated rings. The zero-order valence-electron chi connectivity index (χ0n) is 12.4. The van der Waals surface area contributed by atoms with Crippen LogP contribution in [0.2, 0.25) is 10.0 Å². The van der Waals surface area contributed by atoms with Gasteiger partial charge in [-0.3, -0.25) is 0 Å². The molecule has 21 heavy (non-hydrogen) atoms. The van der Waals surface area contributed by atoms with E-state index in [0.29, 0.717) is 10.0 Å². The Balaban J connectivity index is 2.24. The molecule has 1 aromatic carbocycles. The molecule has 114 valence electrons. The lowest BCUT2D eigenvalue weighted by atomic mass is 10.0.